The lowest BCUT2D eigenvalue weighted by atomic mass is 9.90. The molecule has 2 atom stereocenters. The molecule has 1 saturated carbocycles. The number of hydrogen-bond acceptors (Lipinski definition) is 6. The number of likely N-dealkylation sites (tertiary alicyclic amines) is 1. The molecule has 0 spiro atoms. The lowest BCUT2D eigenvalue weighted by molar-refractivity contribution is -0.133. The van der Waals surface area contributed by atoms with Gasteiger partial charge in [-0.2, -0.15) is 0 Å². The Labute approximate surface area is 202 Å². The molecule has 182 valence electrons. The summed E-state index contributed by atoms with van der Waals surface area (Å²) in [5.41, 5.74) is 2.08. The third kappa shape index (κ3) is 5.69. The molecule has 1 aromatic heterocycles. The molecule has 34 heavy (non-hydrogen) atoms. The Hall–Kier alpha value is -2.67. The van der Waals surface area contributed by atoms with Gasteiger partial charge in [0.1, 0.15) is 5.75 Å². The number of carbonyl (C=O) groups is 1. The van der Waals surface area contributed by atoms with Crippen molar-refractivity contribution in [2.24, 2.45) is 17.8 Å². The van der Waals surface area contributed by atoms with E-state index in [0.717, 1.165) is 86.2 Å². The van der Waals surface area contributed by atoms with E-state index in [1.165, 1.54) is 19.3 Å². The van der Waals surface area contributed by atoms with Gasteiger partial charge in [0.2, 0.25) is 11.9 Å². The molecule has 7 nitrogen and oxygen atoms in total. The summed E-state index contributed by atoms with van der Waals surface area (Å²) >= 11 is 0. The van der Waals surface area contributed by atoms with Gasteiger partial charge >= 0.3 is 0 Å². The molecule has 5 rings (SSSR count). The third-order valence-corrected chi connectivity index (χ3v) is 7.65. The topological polar surface area (TPSA) is 67.8 Å². The van der Waals surface area contributed by atoms with Gasteiger partial charge in [0.05, 0.1) is 19.6 Å². The van der Waals surface area contributed by atoms with Crippen molar-refractivity contribution in [2.75, 3.05) is 44.8 Å². The van der Waals surface area contributed by atoms with E-state index in [4.69, 9.17) is 9.47 Å². The van der Waals surface area contributed by atoms with Crippen LogP contribution in [-0.4, -0.2) is 60.7 Å². The first-order chi connectivity index (χ1) is 16.7. The van der Waals surface area contributed by atoms with Crippen LogP contribution in [0.1, 0.15) is 43.2 Å². The first-order valence-corrected chi connectivity index (χ1v) is 12.7. The summed E-state index contributed by atoms with van der Waals surface area (Å²) in [5.74, 6) is 4.45. The normalized spacial score (nSPS) is 22.4. The van der Waals surface area contributed by atoms with Crippen LogP contribution in [0.15, 0.2) is 36.7 Å². The van der Waals surface area contributed by atoms with E-state index in [0.29, 0.717) is 13.0 Å². The smallest absolute Gasteiger partial charge is 0.226 e. The molecule has 2 unspecified atom stereocenters. The molecule has 7 heteroatoms. The maximum atomic E-state index is 12.1. The molecule has 1 aromatic carbocycles. The number of hydrogen-bond donors (Lipinski definition) is 0. The molecule has 0 radical (unpaired) electrons. The van der Waals surface area contributed by atoms with E-state index in [-0.39, 0.29) is 5.91 Å². The Morgan fingerprint density at radius 2 is 1.76 bits per heavy atom. The molecule has 2 saturated heterocycles. The predicted octanol–water partition coefficient (Wildman–Crippen LogP) is 3.72. The second-order valence-corrected chi connectivity index (χ2v) is 10.0. The molecule has 2 aliphatic heterocycles. The number of nitrogens with zero attached hydrogens (tertiary/aromatic N) is 4. The summed E-state index contributed by atoms with van der Waals surface area (Å²) in [4.78, 5) is 25.4. The van der Waals surface area contributed by atoms with Crippen molar-refractivity contribution < 1.29 is 14.3 Å². The number of amides is 1. The Morgan fingerprint density at radius 1 is 1.03 bits per heavy atom. The van der Waals surface area contributed by atoms with Crippen molar-refractivity contribution in [2.45, 2.75) is 45.1 Å². The zero-order chi connectivity index (χ0) is 23.3. The molecule has 1 amide bonds. The van der Waals surface area contributed by atoms with E-state index >= 15 is 0 Å². The highest BCUT2D eigenvalue weighted by molar-refractivity contribution is 5.79. The maximum absolute atomic E-state index is 12.1. The van der Waals surface area contributed by atoms with Crippen molar-refractivity contribution in [1.82, 2.24) is 14.9 Å². The minimum atomic E-state index is 0.234. The summed E-state index contributed by atoms with van der Waals surface area (Å²) in [6.07, 6.45) is 10.3. The second kappa shape index (κ2) is 10.7. The summed E-state index contributed by atoms with van der Waals surface area (Å²) in [6.45, 7) is 5.24. The van der Waals surface area contributed by atoms with Gasteiger partial charge in [0, 0.05) is 51.2 Å². The van der Waals surface area contributed by atoms with Crippen molar-refractivity contribution in [1.29, 1.82) is 0 Å². The van der Waals surface area contributed by atoms with Gasteiger partial charge in [-0.05, 0) is 67.6 Å². The van der Waals surface area contributed by atoms with Crippen LogP contribution < -0.4 is 9.64 Å². The standard InChI is InChI=1S/C27H36N4O3/c1-33-19-21-17-28-27(29-18-21)31-12-7-22(8-13-31)25-16-23(25)9-14-34-24-5-3-20(4-6-24)15-26(32)30-10-2-11-30/h3-6,17-18,22-23,25H,2,7-16,19H2,1H3. The average Bonchev–Trinajstić information content (AvgIpc) is 3.59. The van der Waals surface area contributed by atoms with Crippen LogP contribution in [0.2, 0.25) is 0 Å². The monoisotopic (exact) mass is 464 g/mol. The Bertz CT molecular complexity index is 937. The largest absolute Gasteiger partial charge is 0.494 e. The SMILES string of the molecule is COCc1cnc(N2CCC(C3CC3CCOc3ccc(CC(=O)N4CCC4)cc3)CC2)nc1. The number of carbonyl (C=O) groups excluding carboxylic acids is 1. The van der Waals surface area contributed by atoms with Gasteiger partial charge in [-0.25, -0.2) is 9.97 Å². The fourth-order valence-electron chi connectivity index (χ4n) is 5.34. The predicted molar refractivity (Wildman–Crippen MR) is 131 cm³/mol. The second-order valence-electron chi connectivity index (χ2n) is 10.0. The van der Waals surface area contributed by atoms with Gasteiger partial charge in [-0.3, -0.25) is 4.79 Å². The van der Waals surface area contributed by atoms with Crippen molar-refractivity contribution in [3.8, 4) is 5.75 Å². The number of rotatable bonds is 10. The zero-order valence-corrected chi connectivity index (χ0v) is 20.2. The van der Waals surface area contributed by atoms with Crippen molar-refractivity contribution >= 4 is 11.9 Å². The first-order valence-electron chi connectivity index (χ1n) is 12.7. The lowest BCUT2D eigenvalue weighted by Crippen LogP contribution is -2.42. The van der Waals surface area contributed by atoms with Gasteiger partial charge in [-0.15, -0.1) is 0 Å². The Kier molecular flexibility index (Phi) is 7.28. The van der Waals surface area contributed by atoms with Crippen LogP contribution in [0.25, 0.3) is 0 Å². The van der Waals surface area contributed by atoms with E-state index in [1.807, 2.05) is 41.6 Å². The Morgan fingerprint density at radius 3 is 2.41 bits per heavy atom. The summed E-state index contributed by atoms with van der Waals surface area (Å²) in [5, 5.41) is 0. The van der Waals surface area contributed by atoms with Crippen LogP contribution >= 0.6 is 0 Å². The quantitative estimate of drug-likeness (QED) is 0.534. The zero-order valence-electron chi connectivity index (χ0n) is 20.2. The summed E-state index contributed by atoms with van der Waals surface area (Å²) in [6, 6.07) is 8.05. The molecular formula is C27H36N4O3. The van der Waals surface area contributed by atoms with E-state index in [1.54, 1.807) is 7.11 Å². The highest BCUT2D eigenvalue weighted by atomic mass is 16.5. The molecule has 3 fully saturated rings. The number of aromatic nitrogens is 2. The van der Waals surface area contributed by atoms with Crippen LogP contribution in [-0.2, 0) is 22.6 Å². The third-order valence-electron chi connectivity index (χ3n) is 7.65. The van der Waals surface area contributed by atoms with Gasteiger partial charge < -0.3 is 19.3 Å². The molecule has 0 N–H and O–H groups in total. The average molecular weight is 465 g/mol. The number of ether oxygens (including phenoxy) is 2. The van der Waals surface area contributed by atoms with Gasteiger partial charge in [-0.1, -0.05) is 12.1 Å². The summed E-state index contributed by atoms with van der Waals surface area (Å²) in [7, 11) is 1.69. The number of benzene rings is 1. The minimum Gasteiger partial charge on any atom is -0.494 e. The molecule has 1 aliphatic carbocycles. The van der Waals surface area contributed by atoms with Gasteiger partial charge in [0.25, 0.3) is 0 Å². The van der Waals surface area contributed by atoms with Crippen molar-refractivity contribution in [3.63, 3.8) is 0 Å². The first kappa shape index (κ1) is 23.1. The maximum Gasteiger partial charge on any atom is 0.226 e. The fourth-order valence-corrected chi connectivity index (χ4v) is 5.34. The van der Waals surface area contributed by atoms with Crippen LogP contribution in [0.5, 0.6) is 5.75 Å². The highest BCUT2D eigenvalue weighted by Gasteiger charge is 2.43. The molecule has 3 aliphatic rings. The fraction of sp³-hybridized carbons (Fsp3) is 0.593. The van der Waals surface area contributed by atoms with E-state index < -0.39 is 0 Å². The van der Waals surface area contributed by atoms with Crippen molar-refractivity contribution in [3.05, 3.63) is 47.8 Å². The molecule has 0 bridgehead atoms. The summed E-state index contributed by atoms with van der Waals surface area (Å²) < 4.78 is 11.1. The van der Waals surface area contributed by atoms with E-state index in [9.17, 15) is 4.79 Å². The van der Waals surface area contributed by atoms with E-state index in [2.05, 4.69) is 14.9 Å². The number of methoxy groups -OCH3 is 1. The Balaban J connectivity index is 0.989. The molecule has 2 aromatic rings. The van der Waals surface area contributed by atoms with Crippen LogP contribution in [0.3, 0.4) is 0 Å². The highest BCUT2D eigenvalue weighted by Crippen LogP contribution is 2.49. The minimum absolute atomic E-state index is 0.234. The van der Waals surface area contributed by atoms with Crippen LogP contribution in [0.4, 0.5) is 5.95 Å². The van der Waals surface area contributed by atoms with Crippen LogP contribution in [0, 0.1) is 17.8 Å². The molecular weight excluding hydrogens is 428 g/mol. The molecule has 3 heterocycles. The number of anilines is 1. The lowest BCUT2D eigenvalue weighted by Gasteiger charge is -2.32. The van der Waals surface area contributed by atoms with Gasteiger partial charge in [0.15, 0.2) is 0 Å². The number of piperidine rings is 1.